The summed E-state index contributed by atoms with van der Waals surface area (Å²) in [6.07, 6.45) is 7.48. The highest BCUT2D eigenvalue weighted by atomic mass is 16.4. The Morgan fingerprint density at radius 2 is 2.07 bits per heavy atom. The number of hydrogen-bond donors (Lipinski definition) is 2. The first-order chi connectivity index (χ1) is 14.6. The van der Waals surface area contributed by atoms with E-state index in [1.54, 1.807) is 6.20 Å². The lowest BCUT2D eigenvalue weighted by Crippen LogP contribution is -2.44. The molecule has 2 N–H and O–H groups in total. The van der Waals surface area contributed by atoms with Crippen molar-refractivity contribution in [3.63, 3.8) is 0 Å². The Bertz CT molecular complexity index is 971. The fraction of sp³-hybridized carbons (Fsp3) is 0.478. The van der Waals surface area contributed by atoms with Gasteiger partial charge in [-0.05, 0) is 31.5 Å². The summed E-state index contributed by atoms with van der Waals surface area (Å²) >= 11 is 0. The molecule has 160 valence electrons. The number of rotatable bonds is 8. The summed E-state index contributed by atoms with van der Waals surface area (Å²) in [6.45, 7) is 5.82. The maximum atomic E-state index is 12.9. The lowest BCUT2D eigenvalue weighted by atomic mass is 10.0. The van der Waals surface area contributed by atoms with Crippen LogP contribution in [0.2, 0.25) is 0 Å². The number of aromatic amines is 1. The van der Waals surface area contributed by atoms with Crippen LogP contribution in [0.5, 0.6) is 0 Å². The summed E-state index contributed by atoms with van der Waals surface area (Å²) in [4.78, 5) is 24.9. The highest BCUT2D eigenvalue weighted by molar-refractivity contribution is 5.91. The van der Waals surface area contributed by atoms with E-state index in [4.69, 9.17) is 4.42 Å². The largest absolute Gasteiger partial charge is 0.418 e. The average molecular weight is 410 g/mol. The predicted molar refractivity (Wildman–Crippen MR) is 119 cm³/mol. The number of oxazole rings is 1. The van der Waals surface area contributed by atoms with Crippen LogP contribution < -0.4 is 10.2 Å². The topological polar surface area (TPSA) is 77.4 Å². The van der Waals surface area contributed by atoms with Gasteiger partial charge in [-0.2, -0.15) is 0 Å². The molecule has 1 fully saturated rings. The van der Waals surface area contributed by atoms with Crippen LogP contribution in [0.3, 0.4) is 0 Å². The van der Waals surface area contributed by atoms with E-state index in [0.29, 0.717) is 6.01 Å². The normalized spacial score (nSPS) is 16.1. The summed E-state index contributed by atoms with van der Waals surface area (Å²) in [5.41, 5.74) is 2.35. The number of piperazine rings is 1. The first-order valence-electron chi connectivity index (χ1n) is 10.9. The van der Waals surface area contributed by atoms with Crippen LogP contribution in [0.4, 0.5) is 6.01 Å². The molecule has 7 nitrogen and oxygen atoms in total. The van der Waals surface area contributed by atoms with Crippen molar-refractivity contribution in [3.05, 3.63) is 48.0 Å². The third kappa shape index (κ3) is 4.67. The first kappa shape index (κ1) is 20.5. The van der Waals surface area contributed by atoms with Crippen LogP contribution in [-0.2, 0) is 6.42 Å². The molecule has 3 heterocycles. The van der Waals surface area contributed by atoms with Crippen molar-refractivity contribution < 1.29 is 9.21 Å². The van der Waals surface area contributed by atoms with Gasteiger partial charge in [0.2, 0.25) is 5.76 Å². The molecular formula is C23H31N5O2. The first-order valence-corrected chi connectivity index (χ1v) is 10.9. The van der Waals surface area contributed by atoms with Gasteiger partial charge in [-0.25, -0.2) is 4.98 Å². The Labute approximate surface area is 177 Å². The van der Waals surface area contributed by atoms with Crippen LogP contribution in [0, 0.1) is 0 Å². The van der Waals surface area contributed by atoms with E-state index in [1.807, 2.05) is 12.1 Å². The molecule has 1 aliphatic heterocycles. The summed E-state index contributed by atoms with van der Waals surface area (Å²) < 4.78 is 5.81. The monoisotopic (exact) mass is 409 g/mol. The van der Waals surface area contributed by atoms with E-state index in [0.717, 1.165) is 57.4 Å². The number of H-pyrrole nitrogens is 1. The standard InChI is InChI=1S/C23H31N5O2/c1-3-4-7-18(14-17-15-24-20-9-6-5-8-19(17)20)26-22(29)21-16-25-23(30-21)28-12-10-27(2)11-13-28/h5-6,8-9,15-16,18,24H,3-4,7,10-14H2,1-2H3,(H,26,29). The van der Waals surface area contributed by atoms with Gasteiger partial charge in [-0.1, -0.05) is 38.0 Å². The average Bonchev–Trinajstić information content (AvgIpc) is 3.40. The molecule has 1 aliphatic rings. The van der Waals surface area contributed by atoms with Gasteiger partial charge in [-0.3, -0.25) is 4.79 Å². The Hall–Kier alpha value is -2.80. The predicted octanol–water partition coefficient (Wildman–Crippen LogP) is 3.44. The van der Waals surface area contributed by atoms with E-state index in [-0.39, 0.29) is 17.7 Å². The number of carbonyl (C=O) groups is 1. The van der Waals surface area contributed by atoms with Gasteiger partial charge in [0.1, 0.15) is 0 Å². The van der Waals surface area contributed by atoms with Crippen molar-refractivity contribution in [1.82, 2.24) is 20.2 Å². The number of aromatic nitrogens is 2. The van der Waals surface area contributed by atoms with Crippen LogP contribution in [-0.4, -0.2) is 60.0 Å². The number of nitrogens with zero attached hydrogens (tertiary/aromatic N) is 3. The van der Waals surface area contributed by atoms with Crippen molar-refractivity contribution in [2.45, 2.75) is 38.6 Å². The zero-order valence-corrected chi connectivity index (χ0v) is 17.9. The second-order valence-electron chi connectivity index (χ2n) is 8.17. The van der Waals surface area contributed by atoms with Gasteiger partial charge < -0.3 is 24.5 Å². The van der Waals surface area contributed by atoms with Crippen LogP contribution in [0.25, 0.3) is 10.9 Å². The molecule has 4 rings (SSSR count). The highest BCUT2D eigenvalue weighted by Crippen LogP contribution is 2.21. The second kappa shape index (κ2) is 9.34. The molecule has 1 aromatic carbocycles. The zero-order chi connectivity index (χ0) is 20.9. The number of hydrogen-bond acceptors (Lipinski definition) is 5. The number of anilines is 1. The molecule has 3 aromatic rings. The molecule has 0 saturated carbocycles. The minimum Gasteiger partial charge on any atom is -0.418 e. The fourth-order valence-corrected chi connectivity index (χ4v) is 4.01. The van der Waals surface area contributed by atoms with E-state index in [2.05, 4.69) is 57.4 Å². The number of unbranched alkanes of at least 4 members (excludes halogenated alkanes) is 1. The summed E-state index contributed by atoms with van der Waals surface area (Å²) in [6, 6.07) is 8.86. The quantitative estimate of drug-likeness (QED) is 0.596. The number of para-hydroxylation sites is 1. The third-order valence-corrected chi connectivity index (χ3v) is 5.87. The van der Waals surface area contributed by atoms with E-state index in [9.17, 15) is 4.79 Å². The molecule has 0 bridgehead atoms. The molecule has 1 unspecified atom stereocenters. The molecule has 2 aromatic heterocycles. The molecular weight excluding hydrogens is 378 g/mol. The third-order valence-electron chi connectivity index (χ3n) is 5.87. The van der Waals surface area contributed by atoms with E-state index in [1.165, 1.54) is 10.9 Å². The molecule has 1 amide bonds. The van der Waals surface area contributed by atoms with Crippen molar-refractivity contribution in [1.29, 1.82) is 0 Å². The maximum absolute atomic E-state index is 12.9. The summed E-state index contributed by atoms with van der Waals surface area (Å²) in [7, 11) is 2.11. The molecule has 0 spiro atoms. The van der Waals surface area contributed by atoms with Gasteiger partial charge in [0.15, 0.2) is 0 Å². The zero-order valence-electron chi connectivity index (χ0n) is 17.9. The number of nitrogens with one attached hydrogen (secondary N) is 2. The van der Waals surface area contributed by atoms with Gasteiger partial charge in [0.05, 0.1) is 6.20 Å². The Balaban J connectivity index is 1.43. The summed E-state index contributed by atoms with van der Waals surface area (Å²) in [5.74, 6) is 0.0909. The van der Waals surface area contributed by atoms with Gasteiger partial charge >= 0.3 is 0 Å². The fourth-order valence-electron chi connectivity index (χ4n) is 4.01. The van der Waals surface area contributed by atoms with Crippen LogP contribution in [0.1, 0.15) is 42.3 Å². The molecule has 1 atom stereocenters. The van der Waals surface area contributed by atoms with Crippen LogP contribution >= 0.6 is 0 Å². The Morgan fingerprint density at radius 1 is 1.27 bits per heavy atom. The molecule has 30 heavy (non-hydrogen) atoms. The lowest BCUT2D eigenvalue weighted by Gasteiger charge is -2.31. The number of carbonyl (C=O) groups excluding carboxylic acids is 1. The van der Waals surface area contributed by atoms with Crippen molar-refractivity contribution in [3.8, 4) is 0 Å². The molecule has 0 aliphatic carbocycles. The van der Waals surface area contributed by atoms with Crippen molar-refractivity contribution in [2.75, 3.05) is 38.1 Å². The number of likely N-dealkylation sites (N-methyl/N-ethyl adjacent to an activating group) is 1. The second-order valence-corrected chi connectivity index (χ2v) is 8.17. The number of fused-ring (bicyclic) bond motifs is 1. The minimum absolute atomic E-state index is 0.0499. The number of benzene rings is 1. The molecule has 7 heteroatoms. The summed E-state index contributed by atoms with van der Waals surface area (Å²) in [5, 5.41) is 4.39. The van der Waals surface area contributed by atoms with Crippen LogP contribution in [0.15, 0.2) is 41.1 Å². The van der Waals surface area contributed by atoms with Crippen molar-refractivity contribution >= 4 is 22.8 Å². The minimum atomic E-state index is -0.191. The Morgan fingerprint density at radius 3 is 2.87 bits per heavy atom. The molecule has 0 radical (unpaired) electrons. The maximum Gasteiger partial charge on any atom is 0.298 e. The van der Waals surface area contributed by atoms with Gasteiger partial charge in [0.25, 0.3) is 11.9 Å². The Kier molecular flexibility index (Phi) is 6.38. The van der Waals surface area contributed by atoms with Gasteiger partial charge in [-0.15, -0.1) is 0 Å². The van der Waals surface area contributed by atoms with Gasteiger partial charge in [0, 0.05) is 49.3 Å². The SMILES string of the molecule is CCCCC(Cc1c[nH]c2ccccc12)NC(=O)c1cnc(N2CCN(C)CC2)o1. The smallest absolute Gasteiger partial charge is 0.298 e. The van der Waals surface area contributed by atoms with Crippen molar-refractivity contribution in [2.24, 2.45) is 0 Å². The van der Waals surface area contributed by atoms with E-state index >= 15 is 0 Å². The lowest BCUT2D eigenvalue weighted by molar-refractivity contribution is 0.0906. The highest BCUT2D eigenvalue weighted by Gasteiger charge is 2.22. The molecule has 1 saturated heterocycles. The van der Waals surface area contributed by atoms with E-state index < -0.39 is 0 Å². The number of amides is 1.